The minimum Gasteiger partial charge on any atom is -0.310 e. The summed E-state index contributed by atoms with van der Waals surface area (Å²) in [6, 6.07) is 2.89. The molecule has 3 heteroatoms. The van der Waals surface area contributed by atoms with E-state index in [-0.39, 0.29) is 0 Å². The maximum Gasteiger partial charge on any atom is 0.0589 e. The molecule has 1 aromatic rings. The van der Waals surface area contributed by atoms with Gasteiger partial charge in [-0.2, -0.15) is 0 Å². The molecule has 0 bridgehead atoms. The summed E-state index contributed by atoms with van der Waals surface area (Å²) in [5.74, 6) is 0. The first-order valence-electron chi connectivity index (χ1n) is 5.72. The first-order valence-corrected chi connectivity index (χ1v) is 5.72. The third-order valence-corrected chi connectivity index (χ3v) is 3.40. The number of nitrogens with one attached hydrogen (secondary N) is 1. The Kier molecular flexibility index (Phi) is 2.22. The van der Waals surface area contributed by atoms with Gasteiger partial charge in [-0.25, -0.2) is 0 Å². The quantitative estimate of drug-likeness (QED) is 0.749. The molecule has 3 heterocycles. The summed E-state index contributed by atoms with van der Waals surface area (Å²) >= 11 is 0. The smallest absolute Gasteiger partial charge is 0.0589 e. The van der Waals surface area contributed by atoms with Crippen LogP contribution in [0.2, 0.25) is 0 Å². The fourth-order valence-corrected chi connectivity index (χ4v) is 2.60. The van der Waals surface area contributed by atoms with Gasteiger partial charge in [0.25, 0.3) is 0 Å². The fourth-order valence-electron chi connectivity index (χ4n) is 2.60. The third-order valence-electron chi connectivity index (χ3n) is 3.40. The van der Waals surface area contributed by atoms with Crippen LogP contribution in [0.4, 0.5) is 0 Å². The molecule has 0 radical (unpaired) electrons. The van der Waals surface area contributed by atoms with Crippen molar-refractivity contribution >= 4 is 0 Å². The molecule has 1 aromatic heterocycles. The van der Waals surface area contributed by atoms with E-state index >= 15 is 0 Å². The number of hydrogen-bond donors (Lipinski definition) is 1. The maximum atomic E-state index is 4.57. The lowest BCUT2D eigenvalue weighted by molar-refractivity contribution is 0.351. The Labute approximate surface area is 90.5 Å². The van der Waals surface area contributed by atoms with Gasteiger partial charge in [0.05, 0.1) is 5.69 Å². The Morgan fingerprint density at radius 3 is 3.20 bits per heavy atom. The lowest BCUT2D eigenvalue weighted by Gasteiger charge is -2.11. The monoisotopic (exact) mass is 203 g/mol. The molecule has 1 saturated heterocycles. The van der Waals surface area contributed by atoms with Crippen LogP contribution in [0.25, 0.3) is 0 Å². The van der Waals surface area contributed by atoms with Crippen LogP contribution in [0.15, 0.2) is 12.3 Å². The van der Waals surface area contributed by atoms with Crippen LogP contribution in [-0.2, 0) is 13.1 Å². The average Bonchev–Trinajstić information content (AvgIpc) is 2.82. The highest BCUT2D eigenvalue weighted by Gasteiger charge is 2.21. The minimum atomic E-state index is 0.550. The topological polar surface area (TPSA) is 28.2 Å². The first kappa shape index (κ1) is 9.31. The van der Waals surface area contributed by atoms with Gasteiger partial charge in [0.15, 0.2) is 0 Å². The minimum absolute atomic E-state index is 0.550. The Morgan fingerprint density at radius 2 is 2.40 bits per heavy atom. The van der Waals surface area contributed by atoms with Gasteiger partial charge in [0.2, 0.25) is 0 Å². The molecule has 0 saturated carbocycles. The zero-order chi connectivity index (χ0) is 10.3. The van der Waals surface area contributed by atoms with Crippen LogP contribution in [0.3, 0.4) is 0 Å². The summed E-state index contributed by atoms with van der Waals surface area (Å²) < 4.78 is 0. The predicted octanol–water partition coefficient (Wildman–Crippen LogP) is 1.45. The Morgan fingerprint density at radius 1 is 1.47 bits per heavy atom. The molecule has 1 fully saturated rings. The van der Waals surface area contributed by atoms with Crippen molar-refractivity contribution in [3.63, 3.8) is 0 Å². The SMILES string of the molecule is CN1Cc2cc(C3CCCN3)cnc2C1. The van der Waals surface area contributed by atoms with E-state index in [9.17, 15) is 0 Å². The van der Waals surface area contributed by atoms with Crippen molar-refractivity contribution in [1.29, 1.82) is 0 Å². The van der Waals surface area contributed by atoms with E-state index < -0.39 is 0 Å². The van der Waals surface area contributed by atoms with Crippen LogP contribution in [-0.4, -0.2) is 23.5 Å². The highest BCUT2D eigenvalue weighted by molar-refractivity contribution is 5.30. The molecular weight excluding hydrogens is 186 g/mol. The Bertz CT molecular complexity index is 369. The summed E-state index contributed by atoms with van der Waals surface area (Å²) in [4.78, 5) is 6.88. The van der Waals surface area contributed by atoms with E-state index in [0.29, 0.717) is 6.04 Å². The molecule has 1 atom stereocenters. The normalized spacial score (nSPS) is 25.8. The molecule has 2 aliphatic rings. The second kappa shape index (κ2) is 3.58. The second-order valence-corrected chi connectivity index (χ2v) is 4.70. The van der Waals surface area contributed by atoms with Gasteiger partial charge in [0.1, 0.15) is 0 Å². The summed E-state index contributed by atoms with van der Waals surface area (Å²) in [6.45, 7) is 3.22. The molecule has 0 spiro atoms. The number of aromatic nitrogens is 1. The van der Waals surface area contributed by atoms with Crippen molar-refractivity contribution in [2.24, 2.45) is 0 Å². The highest BCUT2D eigenvalue weighted by atomic mass is 15.1. The number of hydrogen-bond acceptors (Lipinski definition) is 3. The fraction of sp³-hybridized carbons (Fsp3) is 0.583. The van der Waals surface area contributed by atoms with Crippen molar-refractivity contribution in [3.05, 3.63) is 29.1 Å². The summed E-state index contributed by atoms with van der Waals surface area (Å²) in [5.41, 5.74) is 4.06. The van der Waals surface area contributed by atoms with E-state index in [2.05, 4.69) is 34.5 Å². The summed E-state index contributed by atoms with van der Waals surface area (Å²) in [6.07, 6.45) is 4.61. The van der Waals surface area contributed by atoms with Crippen LogP contribution < -0.4 is 5.32 Å². The van der Waals surface area contributed by atoms with E-state index in [0.717, 1.165) is 19.6 Å². The second-order valence-electron chi connectivity index (χ2n) is 4.70. The summed E-state index contributed by atoms with van der Waals surface area (Å²) in [7, 11) is 2.15. The van der Waals surface area contributed by atoms with Gasteiger partial charge in [-0.1, -0.05) is 0 Å². The van der Waals surface area contributed by atoms with Crippen molar-refractivity contribution < 1.29 is 0 Å². The van der Waals surface area contributed by atoms with E-state index in [1.807, 2.05) is 0 Å². The van der Waals surface area contributed by atoms with Gasteiger partial charge < -0.3 is 5.32 Å². The number of pyridine rings is 1. The number of fused-ring (bicyclic) bond motifs is 1. The zero-order valence-electron chi connectivity index (χ0n) is 9.16. The molecule has 1 unspecified atom stereocenters. The number of rotatable bonds is 1. The number of nitrogens with zero attached hydrogens (tertiary/aromatic N) is 2. The summed E-state index contributed by atoms with van der Waals surface area (Å²) in [5, 5.41) is 3.52. The van der Waals surface area contributed by atoms with Crippen LogP contribution in [0, 0.1) is 0 Å². The van der Waals surface area contributed by atoms with Crippen LogP contribution >= 0.6 is 0 Å². The van der Waals surface area contributed by atoms with E-state index in [1.165, 1.54) is 29.7 Å². The molecule has 3 nitrogen and oxygen atoms in total. The highest BCUT2D eigenvalue weighted by Crippen LogP contribution is 2.26. The zero-order valence-corrected chi connectivity index (χ0v) is 9.16. The molecule has 15 heavy (non-hydrogen) atoms. The molecule has 0 aromatic carbocycles. The maximum absolute atomic E-state index is 4.57. The molecule has 0 amide bonds. The standard InChI is InChI=1S/C12H17N3/c1-15-7-10-5-9(6-14-12(10)8-15)11-3-2-4-13-11/h5-6,11,13H,2-4,7-8H2,1H3. The van der Waals surface area contributed by atoms with Gasteiger partial charge in [-0.15, -0.1) is 0 Å². The average molecular weight is 203 g/mol. The lowest BCUT2D eigenvalue weighted by atomic mass is 10.0. The predicted molar refractivity (Wildman–Crippen MR) is 59.4 cm³/mol. The third kappa shape index (κ3) is 1.66. The van der Waals surface area contributed by atoms with Crippen molar-refractivity contribution in [2.75, 3.05) is 13.6 Å². The van der Waals surface area contributed by atoms with Gasteiger partial charge in [0, 0.05) is 25.3 Å². The molecule has 2 aliphatic heterocycles. The molecule has 80 valence electrons. The molecule has 3 rings (SSSR count). The van der Waals surface area contributed by atoms with Crippen LogP contribution in [0.5, 0.6) is 0 Å². The van der Waals surface area contributed by atoms with Gasteiger partial charge >= 0.3 is 0 Å². The van der Waals surface area contributed by atoms with Gasteiger partial charge in [-0.05, 0) is 43.6 Å². The van der Waals surface area contributed by atoms with Crippen LogP contribution in [0.1, 0.15) is 35.7 Å². The first-order chi connectivity index (χ1) is 7.33. The largest absolute Gasteiger partial charge is 0.310 e. The molecule has 0 aliphatic carbocycles. The van der Waals surface area contributed by atoms with Gasteiger partial charge in [-0.3, -0.25) is 9.88 Å². The van der Waals surface area contributed by atoms with E-state index in [1.54, 1.807) is 0 Å². The Balaban J connectivity index is 1.89. The lowest BCUT2D eigenvalue weighted by Crippen LogP contribution is -2.13. The van der Waals surface area contributed by atoms with Crippen molar-refractivity contribution in [3.8, 4) is 0 Å². The van der Waals surface area contributed by atoms with E-state index in [4.69, 9.17) is 0 Å². The molecular formula is C12H17N3. The van der Waals surface area contributed by atoms with Crippen molar-refractivity contribution in [2.45, 2.75) is 32.0 Å². The Hall–Kier alpha value is -0.930. The molecule has 1 N–H and O–H groups in total. The van der Waals surface area contributed by atoms with Crippen molar-refractivity contribution in [1.82, 2.24) is 15.2 Å².